The van der Waals surface area contributed by atoms with Crippen LogP contribution in [0.5, 0.6) is 11.6 Å². The van der Waals surface area contributed by atoms with E-state index in [2.05, 4.69) is 15.0 Å². The predicted molar refractivity (Wildman–Crippen MR) is 96.9 cm³/mol. The molecule has 0 aliphatic rings. The largest absolute Gasteiger partial charge is 0.508 e. The van der Waals surface area contributed by atoms with E-state index in [4.69, 9.17) is 4.74 Å². The molecule has 24 heavy (non-hydrogen) atoms. The molecule has 0 aliphatic carbocycles. The van der Waals surface area contributed by atoms with Gasteiger partial charge in [0.25, 0.3) is 0 Å². The zero-order valence-electron chi connectivity index (χ0n) is 12.9. The van der Waals surface area contributed by atoms with Crippen molar-refractivity contribution in [2.45, 2.75) is 13.5 Å². The number of aromatic nitrogens is 3. The monoisotopic (exact) mass is 365 g/mol. The average molecular weight is 366 g/mol. The van der Waals surface area contributed by atoms with Gasteiger partial charge in [-0.2, -0.15) is 4.98 Å². The fourth-order valence-corrected chi connectivity index (χ4v) is 1.99. The molecule has 126 valence electrons. The Morgan fingerprint density at radius 1 is 0.958 bits per heavy atom. The molecule has 0 bridgehead atoms. The molecule has 1 aromatic carbocycles. The van der Waals surface area contributed by atoms with Crippen molar-refractivity contribution in [3.63, 3.8) is 0 Å². The summed E-state index contributed by atoms with van der Waals surface area (Å²) in [7, 11) is 0. The number of hydrogen-bond acceptors (Lipinski definition) is 5. The van der Waals surface area contributed by atoms with Gasteiger partial charge in [-0.05, 0) is 48.9 Å². The highest BCUT2D eigenvalue weighted by Crippen LogP contribution is 2.21. The highest BCUT2D eigenvalue weighted by atomic mass is 35.5. The summed E-state index contributed by atoms with van der Waals surface area (Å²) in [5, 5.41) is 9.35. The van der Waals surface area contributed by atoms with Crippen molar-refractivity contribution in [1.29, 1.82) is 0 Å². The fourth-order valence-electron chi connectivity index (χ4n) is 1.99. The summed E-state index contributed by atoms with van der Waals surface area (Å²) in [6.07, 6.45) is 3.46. The zero-order chi connectivity index (χ0) is 15.4. The molecule has 0 saturated heterocycles. The standard InChI is InChI=1S/C17H15N3O2.2ClH/c1-12-10-16(22-11-13-6-8-18-9-7-13)20-17(19-12)14-2-4-15(21)5-3-14;;/h2-10,21H,11H2,1H3;2*1H. The van der Waals surface area contributed by atoms with E-state index in [1.54, 1.807) is 42.7 Å². The van der Waals surface area contributed by atoms with Crippen LogP contribution in [0.4, 0.5) is 0 Å². The summed E-state index contributed by atoms with van der Waals surface area (Å²) in [5.74, 6) is 1.31. The van der Waals surface area contributed by atoms with Crippen LogP contribution in [0, 0.1) is 6.92 Å². The number of aryl methyl sites for hydroxylation is 1. The topological polar surface area (TPSA) is 68.1 Å². The maximum Gasteiger partial charge on any atom is 0.217 e. The molecule has 3 aromatic rings. The van der Waals surface area contributed by atoms with E-state index in [1.807, 2.05) is 19.1 Å². The Bertz CT molecular complexity index is 769. The van der Waals surface area contributed by atoms with Crippen molar-refractivity contribution in [3.8, 4) is 23.0 Å². The third-order valence-corrected chi connectivity index (χ3v) is 3.09. The number of benzene rings is 1. The van der Waals surface area contributed by atoms with Gasteiger partial charge in [0.15, 0.2) is 5.82 Å². The van der Waals surface area contributed by atoms with Crippen LogP contribution >= 0.6 is 24.8 Å². The fraction of sp³-hybridized carbons (Fsp3) is 0.118. The molecule has 0 radical (unpaired) electrons. The van der Waals surface area contributed by atoms with Crippen LogP contribution in [-0.4, -0.2) is 20.1 Å². The quantitative estimate of drug-likeness (QED) is 0.757. The second-order valence-corrected chi connectivity index (χ2v) is 4.86. The second-order valence-electron chi connectivity index (χ2n) is 4.86. The summed E-state index contributed by atoms with van der Waals surface area (Å²) < 4.78 is 5.73. The lowest BCUT2D eigenvalue weighted by Gasteiger charge is -2.08. The van der Waals surface area contributed by atoms with Gasteiger partial charge >= 0.3 is 0 Å². The van der Waals surface area contributed by atoms with E-state index in [0.29, 0.717) is 18.3 Å². The van der Waals surface area contributed by atoms with Crippen LogP contribution in [0.2, 0.25) is 0 Å². The molecule has 2 heterocycles. The summed E-state index contributed by atoms with van der Waals surface area (Å²) in [5.41, 5.74) is 2.68. The minimum absolute atomic E-state index is 0. The summed E-state index contributed by atoms with van der Waals surface area (Å²) >= 11 is 0. The maximum absolute atomic E-state index is 9.35. The Morgan fingerprint density at radius 3 is 2.29 bits per heavy atom. The number of pyridine rings is 1. The van der Waals surface area contributed by atoms with Crippen LogP contribution in [0.25, 0.3) is 11.4 Å². The van der Waals surface area contributed by atoms with Gasteiger partial charge in [-0.15, -0.1) is 24.8 Å². The summed E-state index contributed by atoms with van der Waals surface area (Å²) in [4.78, 5) is 12.8. The zero-order valence-corrected chi connectivity index (χ0v) is 14.5. The molecular formula is C17H17Cl2N3O2. The second kappa shape index (κ2) is 9.05. The van der Waals surface area contributed by atoms with Gasteiger partial charge in [0.2, 0.25) is 5.88 Å². The molecular weight excluding hydrogens is 349 g/mol. The Kier molecular flexibility index (Phi) is 7.42. The number of rotatable bonds is 4. The van der Waals surface area contributed by atoms with E-state index in [0.717, 1.165) is 16.8 Å². The molecule has 5 nitrogen and oxygen atoms in total. The smallest absolute Gasteiger partial charge is 0.217 e. The van der Waals surface area contributed by atoms with Gasteiger partial charge in [0.05, 0.1) is 0 Å². The molecule has 0 unspecified atom stereocenters. The number of nitrogens with zero attached hydrogens (tertiary/aromatic N) is 3. The van der Waals surface area contributed by atoms with Crippen molar-refractivity contribution < 1.29 is 9.84 Å². The van der Waals surface area contributed by atoms with E-state index in [9.17, 15) is 5.11 Å². The third kappa shape index (κ3) is 5.08. The number of hydrogen-bond donors (Lipinski definition) is 1. The van der Waals surface area contributed by atoms with Gasteiger partial charge in [-0.1, -0.05) is 0 Å². The lowest BCUT2D eigenvalue weighted by molar-refractivity contribution is 0.293. The lowest BCUT2D eigenvalue weighted by atomic mass is 10.2. The van der Waals surface area contributed by atoms with Gasteiger partial charge in [-0.3, -0.25) is 4.98 Å². The van der Waals surface area contributed by atoms with Crippen LogP contribution in [-0.2, 0) is 6.61 Å². The van der Waals surface area contributed by atoms with Crippen LogP contribution in [0.1, 0.15) is 11.3 Å². The van der Waals surface area contributed by atoms with Gasteiger partial charge < -0.3 is 9.84 Å². The van der Waals surface area contributed by atoms with Gasteiger partial charge in [0.1, 0.15) is 12.4 Å². The van der Waals surface area contributed by atoms with E-state index in [1.165, 1.54) is 0 Å². The normalized spacial score (nSPS) is 9.54. The summed E-state index contributed by atoms with van der Waals surface area (Å²) in [6, 6.07) is 12.4. The van der Waals surface area contributed by atoms with Crippen molar-refractivity contribution >= 4 is 24.8 Å². The first-order chi connectivity index (χ1) is 10.7. The van der Waals surface area contributed by atoms with Crippen LogP contribution < -0.4 is 4.74 Å². The molecule has 0 aliphatic heterocycles. The molecule has 0 saturated carbocycles. The Balaban J connectivity index is 0.00000144. The number of aromatic hydroxyl groups is 1. The van der Waals surface area contributed by atoms with Crippen molar-refractivity contribution in [2.75, 3.05) is 0 Å². The van der Waals surface area contributed by atoms with Crippen molar-refractivity contribution in [1.82, 2.24) is 15.0 Å². The number of halogens is 2. The van der Waals surface area contributed by atoms with Crippen molar-refractivity contribution in [3.05, 3.63) is 66.1 Å². The first-order valence-corrected chi connectivity index (χ1v) is 6.87. The molecule has 1 N–H and O–H groups in total. The first-order valence-electron chi connectivity index (χ1n) is 6.87. The molecule has 0 atom stereocenters. The summed E-state index contributed by atoms with van der Waals surface area (Å²) in [6.45, 7) is 2.32. The van der Waals surface area contributed by atoms with Gasteiger partial charge in [0, 0.05) is 29.7 Å². The van der Waals surface area contributed by atoms with E-state index in [-0.39, 0.29) is 30.6 Å². The molecule has 0 fully saturated rings. The highest BCUT2D eigenvalue weighted by Gasteiger charge is 2.06. The Labute approximate surface area is 152 Å². The maximum atomic E-state index is 9.35. The minimum Gasteiger partial charge on any atom is -0.508 e. The molecule has 3 rings (SSSR count). The van der Waals surface area contributed by atoms with Crippen LogP contribution in [0.3, 0.4) is 0 Å². The molecule has 0 amide bonds. The van der Waals surface area contributed by atoms with E-state index >= 15 is 0 Å². The molecule has 7 heteroatoms. The Morgan fingerprint density at radius 2 is 1.62 bits per heavy atom. The minimum atomic E-state index is 0. The number of phenolic OH excluding ortho intramolecular Hbond substituents is 1. The Hall–Kier alpha value is -2.37. The van der Waals surface area contributed by atoms with E-state index < -0.39 is 0 Å². The molecule has 0 spiro atoms. The first kappa shape index (κ1) is 19.7. The van der Waals surface area contributed by atoms with Gasteiger partial charge in [-0.25, -0.2) is 4.98 Å². The number of phenols is 1. The van der Waals surface area contributed by atoms with Crippen LogP contribution in [0.15, 0.2) is 54.9 Å². The lowest BCUT2D eigenvalue weighted by Crippen LogP contribution is -2.00. The highest BCUT2D eigenvalue weighted by molar-refractivity contribution is 5.85. The molecule has 2 aromatic heterocycles. The predicted octanol–water partition coefficient (Wildman–Crippen LogP) is 3.98. The number of ether oxygens (including phenoxy) is 1. The SMILES string of the molecule is Cc1cc(OCc2ccncc2)nc(-c2ccc(O)cc2)n1.Cl.Cl. The third-order valence-electron chi connectivity index (χ3n) is 3.09. The van der Waals surface area contributed by atoms with Crippen molar-refractivity contribution in [2.24, 2.45) is 0 Å². The average Bonchev–Trinajstić information content (AvgIpc) is 2.54.